The van der Waals surface area contributed by atoms with Gasteiger partial charge in [0.25, 0.3) is 0 Å². The molecule has 0 aliphatic carbocycles. The molecule has 0 radical (unpaired) electrons. The number of quaternary nitrogens is 1. The first-order valence-electron chi connectivity index (χ1n) is 4.01. The van der Waals surface area contributed by atoms with Crippen LogP contribution in [-0.4, -0.2) is 40.0 Å². The lowest BCUT2D eigenvalue weighted by molar-refractivity contribution is -0.752. The molecule has 0 aromatic heterocycles. The summed E-state index contributed by atoms with van der Waals surface area (Å²) in [4.78, 5) is 12.8. The Hall–Kier alpha value is 0.1000. The Morgan fingerprint density at radius 2 is 2.29 bits per heavy atom. The number of hydrogen-bond donors (Lipinski definition) is 0. The zero-order valence-corrected chi connectivity index (χ0v) is 10.7. The van der Waals surface area contributed by atoms with E-state index < -0.39 is 0 Å². The fourth-order valence-corrected chi connectivity index (χ4v) is 2.60. The zero-order chi connectivity index (χ0) is 10.1. The molecule has 0 saturated carbocycles. The summed E-state index contributed by atoms with van der Waals surface area (Å²) in [5.41, 5.74) is 0.102. The van der Waals surface area contributed by atoms with Crippen molar-refractivity contribution in [3.63, 3.8) is 0 Å². The molecule has 0 N–H and O–H groups in total. The van der Waals surface area contributed by atoms with Crippen LogP contribution in [0.3, 0.4) is 0 Å². The third kappa shape index (κ3) is 3.35. The third-order valence-corrected chi connectivity index (χ3v) is 3.86. The van der Waals surface area contributed by atoms with Crippen molar-refractivity contribution in [2.24, 2.45) is 0 Å². The number of carbonyl (C=O) groups is 1. The van der Waals surface area contributed by atoms with Crippen LogP contribution in [0.4, 0.5) is 0 Å². The predicted octanol–water partition coefficient (Wildman–Crippen LogP) is -1.39. The van der Waals surface area contributed by atoms with Gasteiger partial charge >= 0.3 is 0 Å². The molecule has 1 aliphatic rings. The van der Waals surface area contributed by atoms with E-state index in [4.69, 9.17) is 11.8 Å². The van der Waals surface area contributed by atoms with E-state index in [0.717, 1.165) is 0 Å². The number of carbonyl (C=O) groups excluding carboxylic acids is 1. The number of ketones is 1. The van der Waals surface area contributed by atoms with Crippen LogP contribution < -0.4 is 12.4 Å². The second-order valence-electron chi connectivity index (χ2n) is 3.33. The summed E-state index contributed by atoms with van der Waals surface area (Å²) in [6.07, 6.45) is 3.84. The molecule has 0 amide bonds. The van der Waals surface area contributed by atoms with Gasteiger partial charge in [0, 0.05) is 7.05 Å². The van der Waals surface area contributed by atoms with Gasteiger partial charge in [0.1, 0.15) is 12.0 Å². The number of nitrogens with zero attached hydrogens (tertiary/aromatic N) is 2. The first-order valence-corrected chi connectivity index (χ1v) is 5.40. The van der Waals surface area contributed by atoms with E-state index in [1.54, 1.807) is 18.7 Å². The minimum Gasteiger partial charge on any atom is -1.00 e. The summed E-state index contributed by atoms with van der Waals surface area (Å²) < 4.78 is 0.286. The lowest BCUT2D eigenvalue weighted by Crippen LogP contribution is -3.00. The van der Waals surface area contributed by atoms with Crippen molar-refractivity contribution < 1.29 is 21.2 Å². The Morgan fingerprint density at radius 3 is 2.64 bits per heavy atom. The van der Waals surface area contributed by atoms with Gasteiger partial charge in [0.2, 0.25) is 5.50 Å². The van der Waals surface area contributed by atoms with Gasteiger partial charge in [0.05, 0.1) is 19.0 Å². The Kier molecular flexibility index (Phi) is 5.30. The SMILES string of the molecule is CC(=O)CSC1N(C)C=C[N+]1(C)Cl.[Cl-]. The fraction of sp³-hybridized carbons (Fsp3) is 0.625. The number of halogens is 2. The van der Waals surface area contributed by atoms with E-state index in [0.29, 0.717) is 5.75 Å². The summed E-state index contributed by atoms with van der Waals surface area (Å²) in [6, 6.07) is 0. The summed E-state index contributed by atoms with van der Waals surface area (Å²) in [5.74, 6) is 0.694. The van der Waals surface area contributed by atoms with Crippen LogP contribution in [-0.2, 0) is 4.79 Å². The van der Waals surface area contributed by atoms with Crippen molar-refractivity contribution in [3.8, 4) is 0 Å². The molecule has 0 spiro atoms. The summed E-state index contributed by atoms with van der Waals surface area (Å²) in [7, 11) is 3.86. The Morgan fingerprint density at radius 1 is 1.71 bits per heavy atom. The van der Waals surface area contributed by atoms with Gasteiger partial charge in [0.15, 0.2) is 11.8 Å². The minimum absolute atomic E-state index is 0. The van der Waals surface area contributed by atoms with E-state index >= 15 is 0 Å². The summed E-state index contributed by atoms with van der Waals surface area (Å²) >= 11 is 7.75. The second-order valence-corrected chi connectivity index (χ2v) is 5.10. The second kappa shape index (κ2) is 5.26. The van der Waals surface area contributed by atoms with Gasteiger partial charge in [-0.25, -0.2) is 0 Å². The molecule has 2 atom stereocenters. The maximum absolute atomic E-state index is 10.8. The third-order valence-electron chi connectivity index (χ3n) is 1.81. The Bertz CT molecular complexity index is 245. The zero-order valence-electron chi connectivity index (χ0n) is 8.41. The highest BCUT2D eigenvalue weighted by Gasteiger charge is 2.38. The molecule has 14 heavy (non-hydrogen) atoms. The maximum Gasteiger partial charge on any atom is 0.234 e. The van der Waals surface area contributed by atoms with Crippen LogP contribution in [0.1, 0.15) is 6.92 Å². The molecule has 82 valence electrons. The quantitative estimate of drug-likeness (QED) is 0.581. The summed E-state index contributed by atoms with van der Waals surface area (Å²) in [6.45, 7) is 1.59. The number of rotatable bonds is 3. The highest BCUT2D eigenvalue weighted by molar-refractivity contribution is 8.00. The highest BCUT2D eigenvalue weighted by atomic mass is 35.5. The topological polar surface area (TPSA) is 20.3 Å². The Labute approximate surface area is 100 Å². The van der Waals surface area contributed by atoms with Gasteiger partial charge < -0.3 is 17.3 Å². The molecule has 0 saturated heterocycles. The first-order chi connectivity index (χ1) is 5.93. The van der Waals surface area contributed by atoms with E-state index in [2.05, 4.69) is 0 Å². The van der Waals surface area contributed by atoms with Crippen molar-refractivity contribution in [2.45, 2.75) is 12.4 Å². The van der Waals surface area contributed by atoms with E-state index in [-0.39, 0.29) is 27.7 Å². The van der Waals surface area contributed by atoms with Crippen LogP contribution in [0, 0.1) is 0 Å². The summed E-state index contributed by atoms with van der Waals surface area (Å²) in [5, 5.41) is 0. The molecule has 0 fully saturated rings. The van der Waals surface area contributed by atoms with Crippen LogP contribution in [0.15, 0.2) is 12.4 Å². The van der Waals surface area contributed by atoms with Gasteiger partial charge in [-0.1, -0.05) is 11.8 Å². The molecule has 1 heterocycles. The number of hydrogen-bond acceptors (Lipinski definition) is 3. The van der Waals surface area contributed by atoms with E-state index in [1.165, 1.54) is 0 Å². The van der Waals surface area contributed by atoms with Gasteiger partial charge in [-0.2, -0.15) is 4.00 Å². The van der Waals surface area contributed by atoms with Crippen molar-refractivity contribution in [1.29, 1.82) is 0 Å². The van der Waals surface area contributed by atoms with Crippen molar-refractivity contribution in [1.82, 2.24) is 4.90 Å². The van der Waals surface area contributed by atoms with Crippen molar-refractivity contribution >= 4 is 29.3 Å². The maximum atomic E-state index is 10.8. The lowest BCUT2D eigenvalue weighted by Gasteiger charge is -2.27. The average molecular weight is 257 g/mol. The molecule has 2 unspecified atom stereocenters. The van der Waals surface area contributed by atoms with Gasteiger partial charge in [-0.3, -0.25) is 4.79 Å². The molecule has 1 aliphatic heterocycles. The van der Waals surface area contributed by atoms with Crippen LogP contribution in [0.5, 0.6) is 0 Å². The molecular weight excluding hydrogens is 243 g/mol. The van der Waals surface area contributed by atoms with Gasteiger partial charge in [-0.05, 0) is 6.92 Å². The van der Waals surface area contributed by atoms with E-state index in [1.807, 2.05) is 31.4 Å². The molecule has 6 heteroatoms. The van der Waals surface area contributed by atoms with E-state index in [9.17, 15) is 4.79 Å². The van der Waals surface area contributed by atoms with Crippen LogP contribution in [0.25, 0.3) is 0 Å². The Balaban J connectivity index is 0.00000169. The molecule has 0 bridgehead atoms. The average Bonchev–Trinajstić information content (AvgIpc) is 2.23. The highest BCUT2D eigenvalue weighted by Crippen LogP contribution is 2.32. The van der Waals surface area contributed by atoms with Crippen molar-refractivity contribution in [2.75, 3.05) is 19.8 Å². The fourth-order valence-electron chi connectivity index (χ4n) is 1.19. The monoisotopic (exact) mass is 256 g/mol. The molecule has 0 aromatic rings. The van der Waals surface area contributed by atoms with Crippen molar-refractivity contribution in [3.05, 3.63) is 12.4 Å². The first kappa shape index (κ1) is 14.1. The van der Waals surface area contributed by atoms with Gasteiger partial charge in [-0.15, -0.1) is 0 Å². The smallest absolute Gasteiger partial charge is 0.234 e. The van der Waals surface area contributed by atoms with Crippen LogP contribution in [0.2, 0.25) is 0 Å². The number of thioether (sulfide) groups is 1. The van der Waals surface area contributed by atoms with Crippen LogP contribution >= 0.6 is 23.5 Å². The number of Topliss-reactive ketones (excluding diaryl/α,β-unsaturated/α-hetero) is 1. The largest absolute Gasteiger partial charge is 1.00 e. The standard InChI is InChI=1S/C8H14ClN2OS.ClH/c1-7(12)6-13-8-10(2)4-5-11(8,3)9;/h4-5,8H,6H2,1-3H3;1H/q+1;/p-1. The molecule has 0 aromatic carbocycles. The minimum atomic E-state index is 0. The molecular formula is C8H14Cl2N2OS. The molecule has 3 nitrogen and oxygen atoms in total. The molecule has 1 rings (SSSR count). The normalized spacial score (nSPS) is 30.3. The lowest BCUT2D eigenvalue weighted by atomic mass is 10.5. The predicted molar refractivity (Wildman–Crippen MR) is 55.9 cm³/mol.